The number of fused-ring (bicyclic) bond motifs is 1. The molecule has 18 fully saturated rings. The molecule has 110 heavy (non-hydrogen) atoms. The Morgan fingerprint density at radius 3 is 1.49 bits per heavy atom. The Balaban J connectivity index is 0.000000149. The highest BCUT2D eigenvalue weighted by molar-refractivity contribution is 5.81. The number of hydrogen-bond acceptors (Lipinski definition) is 20. The van der Waals surface area contributed by atoms with E-state index < -0.39 is 56.9 Å². The first-order valence-corrected chi connectivity index (χ1v) is 43.6. The maximum absolute atomic E-state index is 13.2. The molecule has 20 heteroatoms. The highest BCUT2D eigenvalue weighted by atomic mass is 16.7. The summed E-state index contributed by atoms with van der Waals surface area (Å²) in [6.07, 6.45) is 27.0. The fourth-order valence-electron chi connectivity index (χ4n) is 22.9. The molecule has 626 valence electrons. The first kappa shape index (κ1) is 88.0. The average molecular weight is 1550 g/mol. The molecule has 0 aromatic carbocycles. The van der Waals surface area contributed by atoms with Crippen LogP contribution in [-0.4, -0.2) is 136 Å². The third kappa shape index (κ3) is 19.3. The largest absolute Gasteiger partial charge is 0.465 e. The summed E-state index contributed by atoms with van der Waals surface area (Å²) in [6.45, 7) is 40.5. The van der Waals surface area contributed by atoms with E-state index in [9.17, 15) is 48.6 Å². The lowest BCUT2D eigenvalue weighted by atomic mass is 9.46. The molecule has 0 radical (unpaired) electrons. The van der Waals surface area contributed by atoms with Crippen LogP contribution in [0.25, 0.3) is 0 Å². The second-order valence-electron chi connectivity index (χ2n) is 41.9. The van der Waals surface area contributed by atoms with Gasteiger partial charge in [0, 0.05) is 25.2 Å². The zero-order valence-electron chi connectivity index (χ0n) is 71.5. The number of esters is 8. The molecular weight excluding hydrogens is 1400 g/mol. The highest BCUT2D eigenvalue weighted by Crippen LogP contribution is 2.65. The van der Waals surface area contributed by atoms with Gasteiger partial charge >= 0.3 is 47.8 Å². The molecular formula is C90H146O20. The molecule has 3 saturated heterocycles. The van der Waals surface area contributed by atoms with E-state index in [-0.39, 0.29) is 106 Å². The van der Waals surface area contributed by atoms with Gasteiger partial charge < -0.3 is 57.6 Å². The molecule has 0 spiro atoms. The summed E-state index contributed by atoms with van der Waals surface area (Å²) in [6, 6.07) is 0. The fourth-order valence-corrected chi connectivity index (χ4v) is 22.9. The lowest BCUT2D eigenvalue weighted by Gasteiger charge is -2.62. The van der Waals surface area contributed by atoms with Crippen molar-refractivity contribution in [3.05, 3.63) is 0 Å². The highest BCUT2D eigenvalue weighted by Gasteiger charge is 2.66. The fraction of sp³-hybridized carbons (Fsp3) is 0.911. The quantitative estimate of drug-likeness (QED) is 0.0711. The molecule has 0 amide bonds. The van der Waals surface area contributed by atoms with E-state index >= 15 is 0 Å². The number of aliphatic hydroxyl groups is 2. The predicted octanol–water partition coefficient (Wildman–Crippen LogP) is 17.0. The van der Waals surface area contributed by atoms with E-state index in [0.717, 1.165) is 134 Å². The van der Waals surface area contributed by atoms with Crippen molar-refractivity contribution in [2.45, 2.75) is 383 Å². The van der Waals surface area contributed by atoms with Crippen molar-refractivity contribution < 1.29 is 95.9 Å². The van der Waals surface area contributed by atoms with Crippen molar-refractivity contribution >= 4 is 47.8 Å². The maximum Gasteiger partial charge on any atom is 0.344 e. The Hall–Kier alpha value is -4.40. The standard InChI is InChI=1S/C24H38O6.C19H32O2.C18H26O6.C16H26O4.C13H24O2/c1-6-22(2,3)20(25)28-14-19-16-7-15-8-17(19)11-24(9-15,10-16)21(26)27-12-18-13-29-23(4,5)30-18;1-6-18(4,5)17(20)21-19(12(2)3)15-8-13-7-14(10-15)11-16(19)9-13;1-4-18(2,3)17(21)22-9-14(19)24-15-11-5-10-6-12(8-11)16(20)23-13(15)7-10;1-4-13(2,3)12(17)20-16-7-11-5-14(18,9-16)8-15(19,6-11)10-16;1-5-12(3,4)11(14)15-13(6-2)9-7-8-10-13/h15-19H,6-14H2,1-5H3;12-16H,6-11H2,1-5H3;10-13,15H,4-9H2,1-3H3;11,18-19H,4-10H2,1-3H3;5-10H2,1-4H3. The van der Waals surface area contributed by atoms with E-state index in [1.165, 1.54) is 44.9 Å². The zero-order chi connectivity index (χ0) is 81.0. The monoisotopic (exact) mass is 1550 g/mol. The van der Waals surface area contributed by atoms with E-state index in [2.05, 4.69) is 27.7 Å². The van der Waals surface area contributed by atoms with Crippen LogP contribution in [0.4, 0.5) is 0 Å². The van der Waals surface area contributed by atoms with E-state index in [0.29, 0.717) is 86.2 Å². The normalized spacial score (nSPS) is 37.4. The Morgan fingerprint density at radius 2 is 1.00 bits per heavy atom. The topological polar surface area (TPSA) is 269 Å². The summed E-state index contributed by atoms with van der Waals surface area (Å²) in [4.78, 5) is 98.8. The van der Waals surface area contributed by atoms with Crippen molar-refractivity contribution in [2.24, 2.45) is 109 Å². The van der Waals surface area contributed by atoms with Crippen molar-refractivity contribution in [2.75, 3.05) is 26.4 Å². The van der Waals surface area contributed by atoms with Gasteiger partial charge in [-0.15, -0.1) is 0 Å². The maximum atomic E-state index is 13.2. The predicted molar refractivity (Wildman–Crippen MR) is 415 cm³/mol. The minimum absolute atomic E-state index is 0.0197. The number of carbonyl (C=O) groups is 8. The van der Waals surface area contributed by atoms with Crippen LogP contribution in [0.5, 0.6) is 0 Å². The van der Waals surface area contributed by atoms with Crippen LogP contribution in [0.2, 0.25) is 0 Å². The summed E-state index contributed by atoms with van der Waals surface area (Å²) in [7, 11) is 0. The summed E-state index contributed by atoms with van der Waals surface area (Å²) >= 11 is 0. The van der Waals surface area contributed by atoms with Gasteiger partial charge in [0.15, 0.2) is 12.4 Å². The van der Waals surface area contributed by atoms with Crippen molar-refractivity contribution in [3.63, 3.8) is 0 Å². The number of hydrogen-bond donors (Lipinski definition) is 2. The lowest BCUT2D eigenvalue weighted by molar-refractivity contribution is -0.264. The third-order valence-corrected chi connectivity index (χ3v) is 30.7. The van der Waals surface area contributed by atoms with E-state index in [1.807, 2.05) is 96.9 Å². The van der Waals surface area contributed by atoms with Gasteiger partial charge in [-0.2, -0.15) is 0 Å². The molecule has 10 unspecified atom stereocenters. The number of carbonyl (C=O) groups excluding carboxylic acids is 8. The van der Waals surface area contributed by atoms with Crippen LogP contribution in [0, 0.1) is 109 Å². The number of ether oxygens (including phenoxy) is 10. The van der Waals surface area contributed by atoms with Gasteiger partial charge in [0.2, 0.25) is 0 Å². The van der Waals surface area contributed by atoms with Crippen molar-refractivity contribution in [1.82, 2.24) is 0 Å². The zero-order valence-corrected chi connectivity index (χ0v) is 71.5. The first-order chi connectivity index (χ1) is 51.2. The molecule has 0 aromatic heterocycles. The lowest BCUT2D eigenvalue weighted by Crippen LogP contribution is -2.67. The Bertz CT molecular complexity index is 3210. The molecule has 18 aliphatic rings. The molecule has 3 heterocycles. The van der Waals surface area contributed by atoms with Gasteiger partial charge in [0.25, 0.3) is 0 Å². The van der Waals surface area contributed by atoms with E-state index in [4.69, 9.17) is 47.4 Å². The smallest absolute Gasteiger partial charge is 0.344 e. The molecule has 15 saturated carbocycles. The first-order valence-electron chi connectivity index (χ1n) is 43.6. The molecule has 3 aliphatic heterocycles. The average Bonchev–Trinajstić information content (AvgIpc) is 1.22. The molecule has 10 atom stereocenters. The Morgan fingerprint density at radius 1 is 0.509 bits per heavy atom. The van der Waals surface area contributed by atoms with Gasteiger partial charge in [0.05, 0.1) is 62.8 Å². The van der Waals surface area contributed by atoms with Crippen LogP contribution in [0.15, 0.2) is 0 Å². The van der Waals surface area contributed by atoms with Crippen LogP contribution in [0.1, 0.15) is 331 Å². The summed E-state index contributed by atoms with van der Waals surface area (Å²) in [5.74, 6) is 4.19. The van der Waals surface area contributed by atoms with Crippen LogP contribution >= 0.6 is 0 Å². The number of rotatable bonds is 23. The Kier molecular flexibility index (Phi) is 26.6. The van der Waals surface area contributed by atoms with Crippen LogP contribution in [-0.2, 0) is 85.7 Å². The summed E-state index contributed by atoms with van der Waals surface area (Å²) in [5, 5.41) is 21.3. The minimum atomic E-state index is -0.842. The van der Waals surface area contributed by atoms with E-state index in [1.54, 1.807) is 13.8 Å². The summed E-state index contributed by atoms with van der Waals surface area (Å²) < 4.78 is 57.1. The van der Waals surface area contributed by atoms with Gasteiger partial charge in [-0.25, -0.2) is 4.79 Å². The summed E-state index contributed by atoms with van der Waals surface area (Å²) in [5.41, 5.74) is -5.22. The van der Waals surface area contributed by atoms with Gasteiger partial charge in [0.1, 0.15) is 41.7 Å². The van der Waals surface area contributed by atoms with Gasteiger partial charge in [-0.05, 0) is 322 Å². The van der Waals surface area contributed by atoms with Crippen LogP contribution in [0.3, 0.4) is 0 Å². The van der Waals surface area contributed by atoms with Gasteiger partial charge in [-0.3, -0.25) is 33.6 Å². The molecule has 0 aromatic rings. The van der Waals surface area contributed by atoms with Gasteiger partial charge in [-0.1, -0.05) is 55.4 Å². The second-order valence-corrected chi connectivity index (χ2v) is 41.9. The second kappa shape index (κ2) is 33.3. The minimum Gasteiger partial charge on any atom is -0.465 e. The SMILES string of the molecule is CCC(C)(C)C(=O)OC1(C(C)C)C2CC3CC(C2)CC1C3.CCC(C)(C)C(=O)OC12CC3CC(O)(CC(O)(C3)C1)C2.CCC(C)(C)C(=O)OCC(=O)OC1C2CC3CC(C2)C(=O)OC1C3.CCC(C)(C)C(=O)OCC1C2CC3CC1CC(C(=O)OCC1COC(C)(C)O1)(C3)C2.CCC1(OC(=O)C(C)(C)CC)CCCC1. The molecule has 20 nitrogen and oxygen atoms in total. The molecule has 16 bridgehead atoms. The third-order valence-electron chi connectivity index (χ3n) is 30.7. The molecule has 2 N–H and O–H groups in total. The molecule has 18 rings (SSSR count). The molecule has 15 aliphatic carbocycles. The van der Waals surface area contributed by atoms with Crippen molar-refractivity contribution in [3.8, 4) is 0 Å². The van der Waals surface area contributed by atoms with Crippen LogP contribution < -0.4 is 0 Å². The van der Waals surface area contributed by atoms with Crippen molar-refractivity contribution in [1.29, 1.82) is 0 Å². The Labute approximate surface area is 659 Å².